The molecule has 2 heterocycles. The number of aromatic nitrogens is 2. The van der Waals surface area contributed by atoms with Crippen molar-refractivity contribution in [2.45, 2.75) is 0 Å². The number of anilines is 2. The third kappa shape index (κ3) is 3.12. The highest BCUT2D eigenvalue weighted by Gasteiger charge is 2.21. The summed E-state index contributed by atoms with van der Waals surface area (Å²) >= 11 is 3.36. The van der Waals surface area contributed by atoms with Gasteiger partial charge in [0.2, 0.25) is 0 Å². The number of piperazine rings is 1. The van der Waals surface area contributed by atoms with Crippen LogP contribution in [0.3, 0.4) is 0 Å². The van der Waals surface area contributed by atoms with Crippen LogP contribution < -0.4 is 15.4 Å². The summed E-state index contributed by atoms with van der Waals surface area (Å²) in [6.07, 6.45) is 1.69. The smallest absolute Gasteiger partial charge is 0.282 e. The van der Waals surface area contributed by atoms with Crippen molar-refractivity contribution in [3.8, 4) is 0 Å². The maximum Gasteiger partial charge on any atom is 0.282 e. The Morgan fingerprint density at radius 1 is 1.12 bits per heavy atom. The van der Waals surface area contributed by atoms with Gasteiger partial charge in [-0.3, -0.25) is 14.9 Å². The normalized spacial score (nSPS) is 14.8. The largest absolute Gasteiger partial charge is 0.368 e. The van der Waals surface area contributed by atoms with Gasteiger partial charge in [-0.15, -0.1) is 0 Å². The average molecular weight is 394 g/mol. The summed E-state index contributed by atoms with van der Waals surface area (Å²) in [5.74, 6) is 0. The molecule has 1 aromatic carbocycles. The minimum atomic E-state index is -0.401. The topological polar surface area (TPSA) is 84.5 Å². The maximum absolute atomic E-state index is 12.0. The van der Waals surface area contributed by atoms with Crippen LogP contribution in [0.15, 0.2) is 39.7 Å². The number of rotatable bonds is 3. The Labute approximate surface area is 146 Å². The van der Waals surface area contributed by atoms with E-state index >= 15 is 0 Å². The number of benzene rings is 1. The van der Waals surface area contributed by atoms with Crippen molar-refractivity contribution in [1.82, 2.24) is 9.78 Å². The predicted molar refractivity (Wildman–Crippen MR) is 94.7 cm³/mol. The van der Waals surface area contributed by atoms with Gasteiger partial charge in [-0.05, 0) is 28.1 Å². The predicted octanol–water partition coefficient (Wildman–Crippen LogP) is 1.78. The standard InChI is InChI=1S/C15H16BrN5O3/c1-18-15(22)14(16)13(10-17-18)20-8-6-19(7-9-20)11-2-4-12(5-3-11)21(23)24/h2-5,10H,6-9H2,1H3. The fourth-order valence-electron chi connectivity index (χ4n) is 2.71. The molecule has 0 N–H and O–H groups in total. The molecule has 2 aromatic rings. The van der Waals surface area contributed by atoms with Gasteiger partial charge in [0.15, 0.2) is 0 Å². The molecule has 1 aromatic heterocycles. The molecule has 0 aliphatic carbocycles. The Hall–Kier alpha value is -2.42. The van der Waals surface area contributed by atoms with Crippen LogP contribution in [-0.2, 0) is 7.05 Å². The molecule has 0 spiro atoms. The van der Waals surface area contributed by atoms with E-state index in [0.29, 0.717) is 4.47 Å². The Morgan fingerprint density at radius 3 is 2.29 bits per heavy atom. The van der Waals surface area contributed by atoms with E-state index in [1.54, 1.807) is 25.4 Å². The Kier molecular flexibility index (Phi) is 4.52. The van der Waals surface area contributed by atoms with Gasteiger partial charge in [0, 0.05) is 51.0 Å². The zero-order chi connectivity index (χ0) is 17.3. The van der Waals surface area contributed by atoms with E-state index in [1.807, 2.05) is 0 Å². The minimum Gasteiger partial charge on any atom is -0.368 e. The fourth-order valence-corrected chi connectivity index (χ4v) is 3.32. The highest BCUT2D eigenvalue weighted by molar-refractivity contribution is 9.10. The Morgan fingerprint density at radius 2 is 1.71 bits per heavy atom. The molecular formula is C15H16BrN5O3. The van der Waals surface area contributed by atoms with Crippen LogP contribution >= 0.6 is 15.9 Å². The molecule has 0 radical (unpaired) electrons. The minimum absolute atomic E-state index is 0.0903. The zero-order valence-corrected chi connectivity index (χ0v) is 14.6. The van der Waals surface area contributed by atoms with E-state index in [1.165, 1.54) is 16.8 Å². The molecule has 1 aliphatic heterocycles. The summed E-state index contributed by atoms with van der Waals surface area (Å²) in [7, 11) is 1.61. The molecule has 1 fully saturated rings. The molecular weight excluding hydrogens is 378 g/mol. The molecule has 9 heteroatoms. The van der Waals surface area contributed by atoms with E-state index in [9.17, 15) is 14.9 Å². The second-order valence-corrected chi connectivity index (χ2v) is 6.31. The highest BCUT2D eigenvalue weighted by Crippen LogP contribution is 2.25. The number of nitro benzene ring substituents is 1. The second kappa shape index (κ2) is 6.60. The van der Waals surface area contributed by atoms with Crippen LogP contribution in [0.2, 0.25) is 0 Å². The molecule has 3 rings (SSSR count). The summed E-state index contributed by atoms with van der Waals surface area (Å²) < 4.78 is 1.81. The number of halogens is 1. The van der Waals surface area contributed by atoms with Gasteiger partial charge in [-0.25, -0.2) is 4.68 Å². The number of hydrogen-bond donors (Lipinski definition) is 0. The van der Waals surface area contributed by atoms with Gasteiger partial charge >= 0.3 is 0 Å². The third-order valence-electron chi connectivity index (χ3n) is 4.11. The van der Waals surface area contributed by atoms with Crippen LogP contribution in [0.1, 0.15) is 0 Å². The summed E-state index contributed by atoms with van der Waals surface area (Å²) in [5.41, 5.74) is 1.68. The lowest BCUT2D eigenvalue weighted by Gasteiger charge is -2.37. The van der Waals surface area contributed by atoms with Crippen molar-refractivity contribution in [2.24, 2.45) is 7.05 Å². The number of hydrogen-bond acceptors (Lipinski definition) is 6. The molecule has 1 aliphatic rings. The van der Waals surface area contributed by atoms with E-state index < -0.39 is 4.92 Å². The van der Waals surface area contributed by atoms with Gasteiger partial charge < -0.3 is 9.80 Å². The SMILES string of the molecule is Cn1ncc(N2CCN(c3ccc([N+](=O)[O-])cc3)CC2)c(Br)c1=O. The van der Waals surface area contributed by atoms with Crippen molar-refractivity contribution in [2.75, 3.05) is 36.0 Å². The van der Waals surface area contributed by atoms with Crippen LogP contribution in [0, 0.1) is 10.1 Å². The molecule has 0 unspecified atom stereocenters. The third-order valence-corrected chi connectivity index (χ3v) is 4.85. The fraction of sp³-hybridized carbons (Fsp3) is 0.333. The molecule has 0 atom stereocenters. The van der Waals surface area contributed by atoms with Crippen molar-refractivity contribution in [1.29, 1.82) is 0 Å². The number of nitrogens with zero attached hydrogens (tertiary/aromatic N) is 5. The van der Waals surface area contributed by atoms with Gasteiger partial charge in [0.1, 0.15) is 4.47 Å². The first-order chi connectivity index (χ1) is 11.5. The zero-order valence-electron chi connectivity index (χ0n) is 13.1. The lowest BCUT2D eigenvalue weighted by molar-refractivity contribution is -0.384. The van der Waals surface area contributed by atoms with E-state index in [-0.39, 0.29) is 11.2 Å². The number of non-ortho nitro benzene ring substituents is 1. The molecule has 24 heavy (non-hydrogen) atoms. The Bertz CT molecular complexity index is 813. The number of aryl methyl sites for hydroxylation is 1. The molecule has 0 bridgehead atoms. The highest BCUT2D eigenvalue weighted by atomic mass is 79.9. The van der Waals surface area contributed by atoms with Crippen LogP contribution in [-0.4, -0.2) is 40.9 Å². The van der Waals surface area contributed by atoms with Crippen molar-refractivity contribution in [3.63, 3.8) is 0 Å². The molecule has 8 nitrogen and oxygen atoms in total. The average Bonchev–Trinajstić information content (AvgIpc) is 2.60. The van der Waals surface area contributed by atoms with Crippen molar-refractivity contribution >= 4 is 33.0 Å². The van der Waals surface area contributed by atoms with Crippen molar-refractivity contribution < 1.29 is 4.92 Å². The first-order valence-electron chi connectivity index (χ1n) is 7.43. The van der Waals surface area contributed by atoms with Crippen molar-refractivity contribution in [3.05, 3.63) is 55.4 Å². The maximum atomic E-state index is 12.0. The molecule has 0 saturated carbocycles. The van der Waals surface area contributed by atoms with Gasteiger partial charge in [0.25, 0.3) is 11.2 Å². The number of nitro groups is 1. The summed E-state index contributed by atoms with van der Waals surface area (Å²) in [5, 5.41) is 14.8. The quantitative estimate of drug-likeness (QED) is 0.583. The molecule has 0 amide bonds. The monoisotopic (exact) mass is 393 g/mol. The summed E-state index contributed by atoms with van der Waals surface area (Å²) in [6.45, 7) is 3.01. The first-order valence-corrected chi connectivity index (χ1v) is 8.23. The lowest BCUT2D eigenvalue weighted by Crippen LogP contribution is -2.47. The first kappa shape index (κ1) is 16.4. The lowest BCUT2D eigenvalue weighted by atomic mass is 10.2. The van der Waals surface area contributed by atoms with Gasteiger partial charge in [0.05, 0.1) is 16.8 Å². The van der Waals surface area contributed by atoms with E-state index in [2.05, 4.69) is 30.8 Å². The van der Waals surface area contributed by atoms with Crippen LogP contribution in [0.25, 0.3) is 0 Å². The van der Waals surface area contributed by atoms with Gasteiger partial charge in [-0.1, -0.05) is 0 Å². The summed E-state index contributed by atoms with van der Waals surface area (Å²) in [4.78, 5) is 26.6. The summed E-state index contributed by atoms with van der Waals surface area (Å²) in [6, 6.07) is 6.57. The van der Waals surface area contributed by atoms with Crippen LogP contribution in [0.5, 0.6) is 0 Å². The Balaban J connectivity index is 1.71. The van der Waals surface area contributed by atoms with Gasteiger partial charge in [-0.2, -0.15) is 5.10 Å². The van der Waals surface area contributed by atoms with Crippen LogP contribution in [0.4, 0.5) is 17.1 Å². The second-order valence-electron chi connectivity index (χ2n) is 5.52. The van der Waals surface area contributed by atoms with E-state index in [4.69, 9.17) is 0 Å². The van der Waals surface area contributed by atoms with E-state index in [0.717, 1.165) is 37.6 Å². The molecule has 1 saturated heterocycles. The molecule has 126 valence electrons.